The maximum absolute atomic E-state index is 13.6. The van der Waals surface area contributed by atoms with Crippen LogP contribution in [0.3, 0.4) is 0 Å². The smallest absolute Gasteiger partial charge is 0.416 e. The fourth-order valence-corrected chi connectivity index (χ4v) is 4.27. The summed E-state index contributed by atoms with van der Waals surface area (Å²) in [5.41, 5.74) is 0.145. The third-order valence-electron chi connectivity index (χ3n) is 6.03. The van der Waals surface area contributed by atoms with E-state index in [1.54, 1.807) is 17.0 Å². The average molecular weight is 540 g/mol. The minimum Gasteiger partial charge on any atom is -0.481 e. The quantitative estimate of drug-likeness (QED) is 0.451. The molecule has 0 radical (unpaired) electrons. The Balaban J connectivity index is 1.33. The van der Waals surface area contributed by atoms with Gasteiger partial charge in [-0.2, -0.15) is 18.3 Å². The van der Waals surface area contributed by atoms with Gasteiger partial charge in [0.05, 0.1) is 29.6 Å². The van der Waals surface area contributed by atoms with E-state index in [9.17, 15) is 27.2 Å². The number of aromatic nitrogens is 3. The number of nitrogens with one attached hydrogen (secondary N) is 2. The molecule has 2 aromatic heterocycles. The Labute approximate surface area is 214 Å². The minimum absolute atomic E-state index is 0.00884. The van der Waals surface area contributed by atoms with Gasteiger partial charge in [0.15, 0.2) is 5.69 Å². The average Bonchev–Trinajstić information content (AvgIpc) is 3.36. The van der Waals surface area contributed by atoms with E-state index in [2.05, 4.69) is 20.5 Å². The molecule has 1 aliphatic rings. The normalized spacial score (nSPS) is 14.5. The molecular weight excluding hydrogens is 518 g/mol. The van der Waals surface area contributed by atoms with Gasteiger partial charge < -0.3 is 15.0 Å². The van der Waals surface area contributed by atoms with Gasteiger partial charge in [-0.15, -0.1) is 0 Å². The zero-order valence-electron chi connectivity index (χ0n) is 19.5. The van der Waals surface area contributed by atoms with Gasteiger partial charge in [-0.3, -0.25) is 14.7 Å². The minimum atomic E-state index is -4.69. The molecule has 1 aromatic carbocycles. The van der Waals surface area contributed by atoms with Gasteiger partial charge in [-0.1, -0.05) is 11.6 Å². The lowest BCUT2D eigenvalue weighted by Crippen LogP contribution is -2.43. The van der Waals surface area contributed by atoms with Crippen LogP contribution in [0.1, 0.15) is 34.5 Å². The Bertz CT molecular complexity index is 1310. The summed E-state index contributed by atoms with van der Waals surface area (Å²) in [7, 11) is 1.47. The number of carbonyl (C=O) groups is 2. The predicted octanol–water partition coefficient (Wildman–Crippen LogP) is 4.46. The zero-order chi connectivity index (χ0) is 26.7. The highest BCUT2D eigenvalue weighted by atomic mass is 35.5. The number of methoxy groups -OCH3 is 1. The number of amides is 2. The van der Waals surface area contributed by atoms with E-state index in [0.717, 1.165) is 12.1 Å². The van der Waals surface area contributed by atoms with Crippen molar-refractivity contribution in [1.29, 1.82) is 0 Å². The van der Waals surface area contributed by atoms with Crippen molar-refractivity contribution < 1.29 is 31.9 Å². The lowest BCUT2D eigenvalue weighted by Gasteiger charge is -2.30. The van der Waals surface area contributed by atoms with E-state index in [1.807, 2.05) is 0 Å². The third-order valence-corrected chi connectivity index (χ3v) is 6.33. The van der Waals surface area contributed by atoms with E-state index in [1.165, 1.54) is 13.3 Å². The lowest BCUT2D eigenvalue weighted by atomic mass is 9.95. The molecule has 2 amide bonds. The van der Waals surface area contributed by atoms with Crippen molar-refractivity contribution in [2.24, 2.45) is 5.92 Å². The van der Waals surface area contributed by atoms with Crippen molar-refractivity contribution in [1.82, 2.24) is 25.4 Å². The highest BCUT2D eigenvalue weighted by Crippen LogP contribution is 2.31. The maximum atomic E-state index is 13.6. The monoisotopic (exact) mass is 539 g/mol. The molecule has 3 heterocycles. The first-order valence-corrected chi connectivity index (χ1v) is 11.6. The number of piperidine rings is 1. The molecule has 196 valence electrons. The van der Waals surface area contributed by atoms with Crippen molar-refractivity contribution in [3.63, 3.8) is 0 Å². The standard InChI is InChI=1S/C24H22ClF4N5O3/c1-37-21-9-17(18(25)12-30-21)19-10-20(33-32-19)23(36)34-4-2-14(3-5-34)22(35)31-11-13-6-15(24(27,28)29)8-16(26)7-13/h6-10,12,14H,2-5,11H2,1H3,(H,31,35)(H,32,33). The summed E-state index contributed by atoms with van der Waals surface area (Å²) in [6.07, 6.45) is -2.54. The van der Waals surface area contributed by atoms with Crippen molar-refractivity contribution >= 4 is 23.4 Å². The number of hydrogen-bond donors (Lipinski definition) is 2. The van der Waals surface area contributed by atoms with Crippen molar-refractivity contribution in [2.45, 2.75) is 25.6 Å². The van der Waals surface area contributed by atoms with Crippen molar-refractivity contribution in [2.75, 3.05) is 20.2 Å². The number of nitrogens with zero attached hydrogens (tertiary/aromatic N) is 3. The number of likely N-dealkylation sites (tertiary alicyclic amines) is 1. The predicted molar refractivity (Wildman–Crippen MR) is 125 cm³/mol. The molecule has 13 heteroatoms. The number of H-pyrrole nitrogens is 1. The van der Waals surface area contributed by atoms with Crippen molar-refractivity contribution in [3.05, 3.63) is 64.2 Å². The van der Waals surface area contributed by atoms with Gasteiger partial charge in [-0.25, -0.2) is 9.37 Å². The second-order valence-electron chi connectivity index (χ2n) is 8.50. The SMILES string of the molecule is COc1cc(-c2cc(C(=O)N3CCC(C(=O)NCc4cc(F)cc(C(F)(F)F)c4)CC3)n[nH]2)c(Cl)cn1. The molecule has 8 nitrogen and oxygen atoms in total. The number of carbonyl (C=O) groups excluding carboxylic acids is 2. The van der Waals surface area contributed by atoms with E-state index in [4.69, 9.17) is 16.3 Å². The van der Waals surface area contributed by atoms with Crippen LogP contribution < -0.4 is 10.1 Å². The van der Waals surface area contributed by atoms with Gasteiger partial charge in [0.25, 0.3) is 5.91 Å². The van der Waals surface area contributed by atoms with Crippen LogP contribution in [0.4, 0.5) is 17.6 Å². The van der Waals surface area contributed by atoms with Crippen LogP contribution in [0.5, 0.6) is 5.88 Å². The van der Waals surface area contributed by atoms with Crippen LogP contribution in [0, 0.1) is 11.7 Å². The summed E-state index contributed by atoms with van der Waals surface area (Å²) in [6.45, 7) is 0.347. The topological polar surface area (TPSA) is 100 Å². The zero-order valence-corrected chi connectivity index (χ0v) is 20.3. The molecule has 4 rings (SSSR count). The van der Waals surface area contributed by atoms with Gasteiger partial charge in [0.1, 0.15) is 5.82 Å². The molecule has 37 heavy (non-hydrogen) atoms. The molecule has 0 atom stereocenters. The summed E-state index contributed by atoms with van der Waals surface area (Å²) in [5, 5.41) is 9.79. The Kier molecular flexibility index (Phi) is 7.67. The van der Waals surface area contributed by atoms with Gasteiger partial charge in [0, 0.05) is 37.2 Å². The van der Waals surface area contributed by atoms with Gasteiger partial charge >= 0.3 is 6.18 Å². The molecule has 0 unspecified atom stereocenters. The lowest BCUT2D eigenvalue weighted by molar-refractivity contribution is -0.137. The highest BCUT2D eigenvalue weighted by molar-refractivity contribution is 6.33. The van der Waals surface area contributed by atoms with Gasteiger partial charge in [-0.05, 0) is 42.7 Å². The number of alkyl halides is 3. The molecule has 0 spiro atoms. The maximum Gasteiger partial charge on any atom is 0.416 e. The molecule has 1 fully saturated rings. The second kappa shape index (κ2) is 10.8. The number of rotatable bonds is 6. The van der Waals surface area contributed by atoms with E-state index in [0.29, 0.717) is 54.2 Å². The summed E-state index contributed by atoms with van der Waals surface area (Å²) in [5.74, 6) is -1.80. The molecule has 1 saturated heterocycles. The Morgan fingerprint density at radius 3 is 2.59 bits per heavy atom. The molecule has 0 saturated carbocycles. The second-order valence-corrected chi connectivity index (χ2v) is 8.91. The number of aromatic amines is 1. The molecular formula is C24H22ClF4N5O3. The molecule has 0 bridgehead atoms. The first-order valence-electron chi connectivity index (χ1n) is 11.2. The Hall–Kier alpha value is -3.67. The fraction of sp³-hybridized carbons (Fsp3) is 0.333. The first kappa shape index (κ1) is 26.4. The number of hydrogen-bond acceptors (Lipinski definition) is 5. The number of halogens is 5. The molecule has 0 aliphatic carbocycles. The van der Waals surface area contributed by atoms with E-state index < -0.39 is 23.5 Å². The number of benzene rings is 1. The van der Waals surface area contributed by atoms with Crippen molar-refractivity contribution in [3.8, 4) is 17.1 Å². The fourth-order valence-electron chi connectivity index (χ4n) is 4.06. The summed E-state index contributed by atoms with van der Waals surface area (Å²) < 4.78 is 57.4. The molecule has 1 aliphatic heterocycles. The Morgan fingerprint density at radius 2 is 1.92 bits per heavy atom. The van der Waals surface area contributed by atoms with Crippen LogP contribution in [0.2, 0.25) is 5.02 Å². The molecule has 3 aromatic rings. The van der Waals surface area contributed by atoms with Crippen LogP contribution >= 0.6 is 11.6 Å². The van der Waals surface area contributed by atoms with E-state index >= 15 is 0 Å². The Morgan fingerprint density at radius 1 is 1.19 bits per heavy atom. The summed E-state index contributed by atoms with van der Waals surface area (Å²) in [6, 6.07) is 5.34. The number of pyridine rings is 1. The van der Waals surface area contributed by atoms with Crippen LogP contribution in [-0.4, -0.2) is 52.1 Å². The third kappa shape index (κ3) is 6.19. The summed E-state index contributed by atoms with van der Waals surface area (Å²) in [4.78, 5) is 31.1. The van der Waals surface area contributed by atoms with Crippen LogP contribution in [-0.2, 0) is 17.5 Å². The highest BCUT2D eigenvalue weighted by Gasteiger charge is 2.32. The van der Waals surface area contributed by atoms with E-state index in [-0.39, 0.29) is 29.6 Å². The number of ether oxygens (including phenoxy) is 1. The van der Waals surface area contributed by atoms with Gasteiger partial charge in [0.2, 0.25) is 11.8 Å². The van der Waals surface area contributed by atoms with Crippen LogP contribution in [0.15, 0.2) is 36.5 Å². The summed E-state index contributed by atoms with van der Waals surface area (Å²) >= 11 is 6.20. The molecule has 2 N–H and O–H groups in total. The van der Waals surface area contributed by atoms with Crippen LogP contribution in [0.25, 0.3) is 11.3 Å². The first-order chi connectivity index (χ1) is 17.5. The largest absolute Gasteiger partial charge is 0.481 e.